The van der Waals surface area contributed by atoms with E-state index in [1.165, 1.54) is 0 Å². The molecule has 0 aromatic heterocycles. The Kier molecular flexibility index (Phi) is 64.8. The third-order valence-corrected chi connectivity index (χ3v) is 0. The molecule has 0 aromatic rings. The average molecular weight is 207 g/mol. The van der Waals surface area contributed by atoms with Gasteiger partial charge in [-0.05, 0) is 0 Å². The summed E-state index contributed by atoms with van der Waals surface area (Å²) in [6.45, 7) is 0. The summed E-state index contributed by atoms with van der Waals surface area (Å²) in [5, 5.41) is 7.00. The van der Waals surface area contributed by atoms with Gasteiger partial charge in [-0.25, -0.2) is 0 Å². The molecular formula is C4H12Cl2N2Ti-2. The monoisotopic (exact) mass is 206 g/mol. The van der Waals surface area contributed by atoms with E-state index in [-0.39, 0.29) is 0 Å². The molecule has 0 saturated heterocycles. The Hall–Kier alpha value is 1.21. The van der Waals surface area contributed by atoms with Crippen LogP contribution in [0.15, 0.2) is 0 Å². The van der Waals surface area contributed by atoms with Crippen molar-refractivity contribution in [3.63, 3.8) is 0 Å². The molecule has 0 N–H and O–H groups in total. The van der Waals surface area contributed by atoms with Crippen LogP contribution in [0.5, 0.6) is 0 Å². The first-order chi connectivity index (χ1) is 4.24. The standard InChI is InChI=1S/2C2H6N.2ClH.Ti/c2*1-3-2;;;/h2*1-2H3;2*1H;/q2*-1;;;+2/p-2. The van der Waals surface area contributed by atoms with Gasteiger partial charge in [-0.3, -0.25) is 0 Å². The van der Waals surface area contributed by atoms with E-state index in [9.17, 15) is 0 Å². The zero-order chi connectivity index (χ0) is 8.12. The van der Waals surface area contributed by atoms with Gasteiger partial charge in [-0.15, -0.1) is 0 Å². The minimum atomic E-state index is -0.556. The summed E-state index contributed by atoms with van der Waals surface area (Å²) in [7, 11) is 16.8. The first kappa shape index (κ1) is 16.7. The molecule has 0 aliphatic rings. The molecule has 0 aliphatic carbocycles. The fourth-order valence-corrected chi connectivity index (χ4v) is 0. The van der Waals surface area contributed by atoms with Gasteiger partial charge < -0.3 is 10.6 Å². The van der Waals surface area contributed by atoms with Crippen molar-refractivity contribution in [3.05, 3.63) is 10.6 Å². The molecule has 2 nitrogen and oxygen atoms in total. The molecule has 0 bridgehead atoms. The molecular weight excluding hydrogens is 195 g/mol. The van der Waals surface area contributed by atoms with E-state index in [1.807, 2.05) is 0 Å². The van der Waals surface area contributed by atoms with Crippen molar-refractivity contribution < 1.29 is 17.0 Å². The first-order valence-electron chi connectivity index (χ1n) is 2.17. The maximum absolute atomic E-state index is 4.89. The molecule has 0 heterocycles. The second kappa shape index (κ2) is 35.0. The molecule has 0 saturated carbocycles. The van der Waals surface area contributed by atoms with Crippen molar-refractivity contribution in [2.75, 3.05) is 28.2 Å². The number of hydrogen-bond acceptors (Lipinski definition) is 0. The van der Waals surface area contributed by atoms with Crippen LogP contribution >= 0.6 is 18.6 Å². The summed E-state index contributed by atoms with van der Waals surface area (Å²) < 4.78 is 0. The number of rotatable bonds is 0. The normalized spacial score (nSPS) is 5.56. The van der Waals surface area contributed by atoms with Crippen LogP contribution in [0.4, 0.5) is 0 Å². The van der Waals surface area contributed by atoms with Gasteiger partial charge >= 0.3 is 35.6 Å². The molecule has 0 fully saturated rings. The predicted molar refractivity (Wildman–Crippen MR) is 42.1 cm³/mol. The van der Waals surface area contributed by atoms with Gasteiger partial charge in [0.05, 0.1) is 0 Å². The molecule has 0 rings (SSSR count). The summed E-state index contributed by atoms with van der Waals surface area (Å²) in [5.41, 5.74) is 0. The fraction of sp³-hybridized carbons (Fsp3) is 1.00. The van der Waals surface area contributed by atoms with Crippen LogP contribution in [-0.2, 0) is 17.0 Å². The molecule has 58 valence electrons. The van der Waals surface area contributed by atoms with E-state index in [4.69, 9.17) is 18.6 Å². The van der Waals surface area contributed by atoms with Gasteiger partial charge in [0, 0.05) is 0 Å². The van der Waals surface area contributed by atoms with Gasteiger partial charge in [-0.1, -0.05) is 0 Å². The molecule has 0 atom stereocenters. The van der Waals surface area contributed by atoms with Gasteiger partial charge in [0.2, 0.25) is 0 Å². The zero-order valence-corrected chi connectivity index (χ0v) is 9.22. The molecule has 0 unspecified atom stereocenters. The molecule has 0 spiro atoms. The molecule has 0 aromatic carbocycles. The second-order valence-corrected chi connectivity index (χ2v) is 3.54. The fourth-order valence-electron chi connectivity index (χ4n) is 0. The quantitative estimate of drug-likeness (QED) is 0.546. The minimum absolute atomic E-state index is 0.556. The van der Waals surface area contributed by atoms with Crippen LogP contribution in [0.1, 0.15) is 0 Å². The number of halogens is 2. The van der Waals surface area contributed by atoms with E-state index in [0.717, 1.165) is 0 Å². The van der Waals surface area contributed by atoms with E-state index < -0.39 is 17.0 Å². The van der Waals surface area contributed by atoms with Crippen LogP contribution in [0, 0.1) is 0 Å². The van der Waals surface area contributed by atoms with Gasteiger partial charge in [0.25, 0.3) is 0 Å². The Bertz CT molecular complexity index is 21.3. The summed E-state index contributed by atoms with van der Waals surface area (Å²) in [6.07, 6.45) is 0. The molecule has 0 aliphatic heterocycles. The van der Waals surface area contributed by atoms with E-state index in [2.05, 4.69) is 10.6 Å². The molecule has 5 heteroatoms. The van der Waals surface area contributed by atoms with Crippen LogP contribution in [0.25, 0.3) is 10.6 Å². The van der Waals surface area contributed by atoms with Crippen molar-refractivity contribution in [2.24, 2.45) is 0 Å². The number of hydrogen-bond donors (Lipinski definition) is 0. The predicted octanol–water partition coefficient (Wildman–Crippen LogP) is 2.62. The molecule has 0 radical (unpaired) electrons. The summed E-state index contributed by atoms with van der Waals surface area (Å²) >= 11 is -0.556. The van der Waals surface area contributed by atoms with Crippen molar-refractivity contribution in [2.45, 2.75) is 0 Å². The first-order valence-corrected chi connectivity index (χ1v) is 6.46. The Morgan fingerprint density at radius 3 is 0.889 bits per heavy atom. The third-order valence-electron chi connectivity index (χ3n) is 0. The Balaban J connectivity index is -0.0000000600. The van der Waals surface area contributed by atoms with Crippen LogP contribution in [0.2, 0.25) is 0 Å². The summed E-state index contributed by atoms with van der Waals surface area (Å²) in [5.74, 6) is 0. The average Bonchev–Trinajstić information content (AvgIpc) is 1.70. The zero-order valence-electron chi connectivity index (χ0n) is 6.15. The van der Waals surface area contributed by atoms with Gasteiger partial charge in [-0.2, -0.15) is 28.2 Å². The second-order valence-electron chi connectivity index (χ2n) is 0.966. The summed E-state index contributed by atoms with van der Waals surface area (Å²) in [4.78, 5) is 0. The van der Waals surface area contributed by atoms with E-state index in [0.29, 0.717) is 0 Å². The maximum atomic E-state index is 4.89. The molecule has 9 heavy (non-hydrogen) atoms. The van der Waals surface area contributed by atoms with Crippen molar-refractivity contribution >= 4 is 18.6 Å². The van der Waals surface area contributed by atoms with Crippen molar-refractivity contribution in [1.29, 1.82) is 0 Å². The van der Waals surface area contributed by atoms with E-state index in [1.54, 1.807) is 28.2 Å². The van der Waals surface area contributed by atoms with Crippen LogP contribution < -0.4 is 0 Å². The van der Waals surface area contributed by atoms with Crippen molar-refractivity contribution in [3.8, 4) is 0 Å². The van der Waals surface area contributed by atoms with Gasteiger partial charge in [0.15, 0.2) is 0 Å². The Morgan fingerprint density at radius 1 is 0.889 bits per heavy atom. The molecule has 0 amide bonds. The number of nitrogens with zero attached hydrogens (tertiary/aromatic N) is 2. The van der Waals surface area contributed by atoms with Crippen LogP contribution in [-0.4, -0.2) is 28.2 Å². The van der Waals surface area contributed by atoms with E-state index >= 15 is 0 Å². The van der Waals surface area contributed by atoms with Gasteiger partial charge in [0.1, 0.15) is 0 Å². The van der Waals surface area contributed by atoms with Crippen molar-refractivity contribution in [1.82, 2.24) is 0 Å². The third kappa shape index (κ3) is 325. The van der Waals surface area contributed by atoms with Crippen LogP contribution in [0.3, 0.4) is 0 Å². The topological polar surface area (TPSA) is 28.2 Å². The summed E-state index contributed by atoms with van der Waals surface area (Å²) in [6, 6.07) is 0. The Labute approximate surface area is 74.4 Å². The Morgan fingerprint density at radius 2 is 0.889 bits per heavy atom. The SMILES string of the molecule is C[N-]C.C[N-]C.[Cl][Ti][Cl].